The third-order valence-electron chi connectivity index (χ3n) is 2.97. The van der Waals surface area contributed by atoms with E-state index in [-0.39, 0.29) is 6.10 Å². The normalized spacial score (nSPS) is 16.9. The molecular weight excluding hydrogens is 218 g/mol. The van der Waals surface area contributed by atoms with Gasteiger partial charge in [0.25, 0.3) is 0 Å². The molecular formula is C12H17N3O2. The van der Waals surface area contributed by atoms with Crippen molar-refractivity contribution in [2.75, 3.05) is 18.0 Å². The number of hydrogen-bond donors (Lipinski definition) is 1. The van der Waals surface area contributed by atoms with Crippen molar-refractivity contribution in [3.63, 3.8) is 0 Å². The first-order valence-corrected chi connectivity index (χ1v) is 5.79. The van der Waals surface area contributed by atoms with Crippen molar-refractivity contribution >= 4 is 11.8 Å². The number of rotatable bonds is 2. The lowest BCUT2D eigenvalue weighted by atomic mass is 10.1. The molecule has 92 valence electrons. The molecule has 2 N–H and O–H groups in total. The van der Waals surface area contributed by atoms with Crippen molar-refractivity contribution in [3.8, 4) is 0 Å². The smallest absolute Gasteiger partial charge is 0.404 e. The summed E-state index contributed by atoms with van der Waals surface area (Å²) in [6.45, 7) is 3.73. The van der Waals surface area contributed by atoms with Crippen molar-refractivity contribution in [2.24, 2.45) is 5.73 Å². The molecule has 0 atom stereocenters. The Balaban J connectivity index is 1.93. The second kappa shape index (κ2) is 5.03. The van der Waals surface area contributed by atoms with Gasteiger partial charge in [-0.05, 0) is 19.1 Å². The van der Waals surface area contributed by atoms with E-state index in [1.807, 2.05) is 19.2 Å². The van der Waals surface area contributed by atoms with E-state index in [4.69, 9.17) is 10.5 Å². The number of carbonyl (C=O) groups is 1. The predicted octanol–water partition coefficient (Wildman–Crippen LogP) is 1.45. The number of hydrogen-bond acceptors (Lipinski definition) is 4. The van der Waals surface area contributed by atoms with Gasteiger partial charge in [0.15, 0.2) is 0 Å². The Bertz CT molecular complexity index is 400. The number of nitrogens with two attached hydrogens (primary N) is 1. The summed E-state index contributed by atoms with van der Waals surface area (Å²) in [5.74, 6) is 0. The molecule has 5 heteroatoms. The van der Waals surface area contributed by atoms with E-state index >= 15 is 0 Å². The fourth-order valence-corrected chi connectivity index (χ4v) is 2.12. The zero-order valence-electron chi connectivity index (χ0n) is 9.93. The predicted molar refractivity (Wildman–Crippen MR) is 64.9 cm³/mol. The third kappa shape index (κ3) is 3.09. The molecule has 1 amide bonds. The molecule has 2 rings (SSSR count). The number of carbonyl (C=O) groups excluding carboxylic acids is 1. The van der Waals surface area contributed by atoms with Crippen molar-refractivity contribution < 1.29 is 9.53 Å². The minimum Gasteiger partial charge on any atom is -0.446 e. The maximum absolute atomic E-state index is 10.6. The van der Waals surface area contributed by atoms with Gasteiger partial charge in [-0.1, -0.05) is 0 Å². The molecule has 0 bridgehead atoms. The summed E-state index contributed by atoms with van der Waals surface area (Å²) in [4.78, 5) is 17.1. The maximum atomic E-state index is 10.6. The minimum absolute atomic E-state index is 0.0355. The van der Waals surface area contributed by atoms with Gasteiger partial charge in [0, 0.05) is 43.5 Å². The van der Waals surface area contributed by atoms with Crippen molar-refractivity contribution in [1.29, 1.82) is 0 Å². The summed E-state index contributed by atoms with van der Waals surface area (Å²) >= 11 is 0. The number of amides is 1. The van der Waals surface area contributed by atoms with Gasteiger partial charge in [-0.3, -0.25) is 4.98 Å². The summed E-state index contributed by atoms with van der Waals surface area (Å²) in [5, 5.41) is 0. The van der Waals surface area contributed by atoms with E-state index in [1.165, 1.54) is 5.69 Å². The Morgan fingerprint density at radius 3 is 2.82 bits per heavy atom. The van der Waals surface area contributed by atoms with Crippen molar-refractivity contribution in [1.82, 2.24) is 4.98 Å². The van der Waals surface area contributed by atoms with E-state index in [2.05, 4.69) is 16.0 Å². The molecule has 1 aromatic rings. The van der Waals surface area contributed by atoms with Gasteiger partial charge in [-0.2, -0.15) is 0 Å². The number of primary amides is 1. The average molecular weight is 235 g/mol. The molecule has 17 heavy (non-hydrogen) atoms. The number of anilines is 1. The van der Waals surface area contributed by atoms with Crippen LogP contribution in [0.2, 0.25) is 0 Å². The van der Waals surface area contributed by atoms with E-state index < -0.39 is 6.09 Å². The standard InChI is InChI=1S/C12H17N3O2/c1-9-8-10(2-5-14-9)15-6-3-11(4-7-15)17-12(13)16/h2,5,8,11H,3-4,6-7H2,1H3,(H2,13,16). The molecule has 1 saturated heterocycles. The fourth-order valence-electron chi connectivity index (χ4n) is 2.12. The van der Waals surface area contributed by atoms with Crippen LogP contribution in [0.4, 0.5) is 10.5 Å². The largest absolute Gasteiger partial charge is 0.446 e. The van der Waals surface area contributed by atoms with E-state index in [0.29, 0.717) is 0 Å². The molecule has 1 aromatic heterocycles. The molecule has 1 aliphatic rings. The van der Waals surface area contributed by atoms with Crippen LogP contribution in [0.3, 0.4) is 0 Å². The SMILES string of the molecule is Cc1cc(N2CCC(OC(N)=O)CC2)ccn1. The van der Waals surface area contributed by atoms with Gasteiger partial charge >= 0.3 is 6.09 Å². The van der Waals surface area contributed by atoms with Crippen LogP contribution in [0.5, 0.6) is 0 Å². The first kappa shape index (κ1) is 11.7. The van der Waals surface area contributed by atoms with Gasteiger partial charge in [0.2, 0.25) is 0 Å². The van der Waals surface area contributed by atoms with E-state index in [9.17, 15) is 4.79 Å². The topological polar surface area (TPSA) is 68.5 Å². The Morgan fingerprint density at radius 2 is 2.24 bits per heavy atom. The molecule has 1 fully saturated rings. The average Bonchev–Trinajstić information content (AvgIpc) is 2.29. The third-order valence-corrected chi connectivity index (χ3v) is 2.97. The Morgan fingerprint density at radius 1 is 1.53 bits per heavy atom. The summed E-state index contributed by atoms with van der Waals surface area (Å²) in [7, 11) is 0. The summed E-state index contributed by atoms with van der Waals surface area (Å²) in [6, 6.07) is 4.07. The molecule has 0 radical (unpaired) electrons. The lowest BCUT2D eigenvalue weighted by molar-refractivity contribution is 0.0912. The molecule has 0 unspecified atom stereocenters. The molecule has 0 aromatic carbocycles. The zero-order valence-corrected chi connectivity index (χ0v) is 9.93. The molecule has 1 aliphatic heterocycles. The number of pyridine rings is 1. The molecule has 5 nitrogen and oxygen atoms in total. The number of nitrogens with zero attached hydrogens (tertiary/aromatic N) is 2. The van der Waals surface area contributed by atoms with Crippen LogP contribution in [0.25, 0.3) is 0 Å². The summed E-state index contributed by atoms with van der Waals surface area (Å²) in [5.41, 5.74) is 7.19. The minimum atomic E-state index is -0.678. The van der Waals surface area contributed by atoms with Crippen LogP contribution in [-0.4, -0.2) is 30.3 Å². The van der Waals surface area contributed by atoms with Crippen LogP contribution in [0, 0.1) is 6.92 Å². The second-order valence-electron chi connectivity index (χ2n) is 4.28. The first-order valence-electron chi connectivity index (χ1n) is 5.79. The highest BCUT2D eigenvalue weighted by Crippen LogP contribution is 2.21. The highest BCUT2D eigenvalue weighted by atomic mass is 16.6. The van der Waals surface area contributed by atoms with Crippen LogP contribution in [-0.2, 0) is 4.74 Å². The van der Waals surface area contributed by atoms with Gasteiger partial charge < -0.3 is 15.4 Å². The van der Waals surface area contributed by atoms with Gasteiger partial charge in [-0.15, -0.1) is 0 Å². The molecule has 0 saturated carbocycles. The van der Waals surface area contributed by atoms with Crippen molar-refractivity contribution in [2.45, 2.75) is 25.9 Å². The highest BCUT2D eigenvalue weighted by molar-refractivity contribution is 5.64. The lowest BCUT2D eigenvalue weighted by Crippen LogP contribution is -2.38. The summed E-state index contributed by atoms with van der Waals surface area (Å²) < 4.78 is 5.00. The first-order chi connectivity index (χ1) is 8.15. The van der Waals surface area contributed by atoms with Crippen LogP contribution in [0.15, 0.2) is 18.3 Å². The highest BCUT2D eigenvalue weighted by Gasteiger charge is 2.21. The second-order valence-corrected chi connectivity index (χ2v) is 4.28. The monoisotopic (exact) mass is 235 g/mol. The number of piperidine rings is 1. The summed E-state index contributed by atoms with van der Waals surface area (Å²) in [6.07, 6.45) is 2.75. The van der Waals surface area contributed by atoms with Gasteiger partial charge in [0.05, 0.1) is 0 Å². The van der Waals surface area contributed by atoms with E-state index in [1.54, 1.807) is 0 Å². The Kier molecular flexibility index (Phi) is 3.46. The quantitative estimate of drug-likeness (QED) is 0.842. The fraction of sp³-hybridized carbons (Fsp3) is 0.500. The number of aryl methyl sites for hydroxylation is 1. The van der Waals surface area contributed by atoms with Crippen LogP contribution in [0.1, 0.15) is 18.5 Å². The molecule has 0 aliphatic carbocycles. The molecule has 2 heterocycles. The zero-order chi connectivity index (χ0) is 12.3. The van der Waals surface area contributed by atoms with Crippen molar-refractivity contribution in [3.05, 3.63) is 24.0 Å². The number of ether oxygens (including phenoxy) is 1. The lowest BCUT2D eigenvalue weighted by Gasteiger charge is -2.33. The Labute approximate surface area is 101 Å². The van der Waals surface area contributed by atoms with Gasteiger partial charge in [0.1, 0.15) is 6.10 Å². The van der Waals surface area contributed by atoms with Crippen LogP contribution >= 0.6 is 0 Å². The number of aromatic nitrogens is 1. The van der Waals surface area contributed by atoms with Crippen LogP contribution < -0.4 is 10.6 Å². The Hall–Kier alpha value is -1.78. The van der Waals surface area contributed by atoms with E-state index in [0.717, 1.165) is 31.6 Å². The molecule has 0 spiro atoms. The van der Waals surface area contributed by atoms with Gasteiger partial charge in [-0.25, -0.2) is 4.79 Å². The maximum Gasteiger partial charge on any atom is 0.404 e.